The Labute approximate surface area is 143 Å². The van der Waals surface area contributed by atoms with Crippen LogP contribution in [0, 0.1) is 6.92 Å². The van der Waals surface area contributed by atoms with E-state index in [2.05, 4.69) is 5.32 Å². The van der Waals surface area contributed by atoms with Crippen molar-refractivity contribution in [1.29, 1.82) is 0 Å². The summed E-state index contributed by atoms with van der Waals surface area (Å²) < 4.78 is 23.2. The van der Waals surface area contributed by atoms with E-state index in [4.69, 9.17) is 0 Å². The van der Waals surface area contributed by atoms with Crippen LogP contribution in [0.1, 0.15) is 24.5 Å². The number of rotatable bonds is 6. The molecule has 1 aromatic rings. The molecule has 2 amide bonds. The molecular weight excluding hydrogens is 328 g/mol. The fourth-order valence-electron chi connectivity index (χ4n) is 2.98. The van der Waals surface area contributed by atoms with Gasteiger partial charge in [0.25, 0.3) is 0 Å². The van der Waals surface area contributed by atoms with Gasteiger partial charge in [0.1, 0.15) is 0 Å². The summed E-state index contributed by atoms with van der Waals surface area (Å²) in [5, 5.41) is 2.64. The van der Waals surface area contributed by atoms with Crippen LogP contribution in [0.4, 0.5) is 0 Å². The number of nitrogens with one attached hydrogen (secondary N) is 1. The minimum absolute atomic E-state index is 0.0176. The standard InChI is InChI=1S/C17H24N2O4S/c1-3-19(15-8-9-24(22,23)12-15)17(21)11-18-16(20)10-14-7-5-4-6-13(14)2/h4-7,15H,3,8-12H2,1-2H3,(H,18,20). The van der Waals surface area contributed by atoms with Crippen molar-refractivity contribution >= 4 is 21.7 Å². The Hall–Kier alpha value is -1.89. The number of sulfone groups is 1. The van der Waals surface area contributed by atoms with E-state index in [-0.39, 0.29) is 42.3 Å². The molecule has 1 aliphatic rings. The summed E-state index contributed by atoms with van der Waals surface area (Å²) in [4.78, 5) is 25.9. The van der Waals surface area contributed by atoms with Crippen molar-refractivity contribution < 1.29 is 18.0 Å². The third kappa shape index (κ3) is 4.80. The number of carbonyl (C=O) groups excluding carboxylic acids is 2. The maximum Gasteiger partial charge on any atom is 0.242 e. The van der Waals surface area contributed by atoms with Gasteiger partial charge in [0.2, 0.25) is 11.8 Å². The average molecular weight is 352 g/mol. The highest BCUT2D eigenvalue weighted by molar-refractivity contribution is 7.91. The van der Waals surface area contributed by atoms with Crippen molar-refractivity contribution in [2.75, 3.05) is 24.6 Å². The molecule has 1 heterocycles. The number of benzene rings is 1. The van der Waals surface area contributed by atoms with E-state index < -0.39 is 9.84 Å². The molecule has 1 N–H and O–H groups in total. The third-order valence-electron chi connectivity index (χ3n) is 4.36. The van der Waals surface area contributed by atoms with Crippen molar-refractivity contribution in [2.45, 2.75) is 32.7 Å². The monoisotopic (exact) mass is 352 g/mol. The van der Waals surface area contributed by atoms with Gasteiger partial charge in [-0.15, -0.1) is 0 Å². The van der Waals surface area contributed by atoms with Gasteiger partial charge in [0.05, 0.1) is 24.5 Å². The van der Waals surface area contributed by atoms with Crippen molar-refractivity contribution in [1.82, 2.24) is 10.2 Å². The maximum atomic E-state index is 12.3. The zero-order chi connectivity index (χ0) is 17.7. The van der Waals surface area contributed by atoms with E-state index in [0.29, 0.717) is 13.0 Å². The Morgan fingerprint density at radius 2 is 2.00 bits per heavy atom. The molecule has 0 saturated carbocycles. The summed E-state index contributed by atoms with van der Waals surface area (Å²) in [6.07, 6.45) is 0.697. The molecule has 0 spiro atoms. The van der Waals surface area contributed by atoms with E-state index in [1.165, 1.54) is 0 Å². The van der Waals surface area contributed by atoms with Gasteiger partial charge in [-0.05, 0) is 31.4 Å². The van der Waals surface area contributed by atoms with E-state index >= 15 is 0 Å². The zero-order valence-electron chi connectivity index (χ0n) is 14.1. The van der Waals surface area contributed by atoms with Crippen molar-refractivity contribution in [2.24, 2.45) is 0 Å². The van der Waals surface area contributed by atoms with Crippen LogP contribution in [0.15, 0.2) is 24.3 Å². The topological polar surface area (TPSA) is 83.6 Å². The maximum absolute atomic E-state index is 12.3. The quantitative estimate of drug-likeness (QED) is 0.816. The summed E-state index contributed by atoms with van der Waals surface area (Å²) in [5.74, 6) is -0.310. The zero-order valence-corrected chi connectivity index (χ0v) is 14.9. The minimum Gasteiger partial charge on any atom is -0.347 e. The largest absolute Gasteiger partial charge is 0.347 e. The Morgan fingerprint density at radius 1 is 1.29 bits per heavy atom. The number of carbonyl (C=O) groups is 2. The molecule has 0 aliphatic carbocycles. The summed E-state index contributed by atoms with van der Waals surface area (Å²) >= 11 is 0. The molecule has 0 radical (unpaired) electrons. The van der Waals surface area contributed by atoms with Crippen molar-refractivity contribution in [3.8, 4) is 0 Å². The molecule has 24 heavy (non-hydrogen) atoms. The fourth-order valence-corrected chi connectivity index (χ4v) is 4.71. The van der Waals surface area contributed by atoms with Crippen molar-refractivity contribution in [3.63, 3.8) is 0 Å². The van der Waals surface area contributed by atoms with E-state index in [1.54, 1.807) is 4.90 Å². The Morgan fingerprint density at radius 3 is 2.58 bits per heavy atom. The van der Waals surface area contributed by atoms with Crippen LogP contribution >= 0.6 is 0 Å². The minimum atomic E-state index is -3.04. The molecule has 1 aliphatic heterocycles. The molecule has 0 bridgehead atoms. The van der Waals surface area contributed by atoms with Crippen LogP contribution in [-0.2, 0) is 25.8 Å². The lowest BCUT2D eigenvalue weighted by Gasteiger charge is -2.27. The number of hydrogen-bond acceptors (Lipinski definition) is 4. The lowest BCUT2D eigenvalue weighted by molar-refractivity contribution is -0.134. The number of nitrogens with zero attached hydrogens (tertiary/aromatic N) is 1. The van der Waals surface area contributed by atoms with Gasteiger partial charge in [-0.3, -0.25) is 9.59 Å². The molecule has 1 saturated heterocycles. The molecule has 132 valence electrons. The molecule has 1 aromatic carbocycles. The van der Waals surface area contributed by atoms with Crippen molar-refractivity contribution in [3.05, 3.63) is 35.4 Å². The second kappa shape index (κ2) is 7.79. The van der Waals surface area contributed by atoms with Crippen LogP contribution in [0.5, 0.6) is 0 Å². The second-order valence-electron chi connectivity index (χ2n) is 6.12. The molecule has 0 aromatic heterocycles. The van der Waals surface area contributed by atoms with Crippen LogP contribution in [-0.4, -0.2) is 55.8 Å². The SMILES string of the molecule is CCN(C(=O)CNC(=O)Cc1ccccc1C)C1CCS(=O)(=O)C1. The normalized spacial score (nSPS) is 19.0. The Balaban J connectivity index is 1.87. The highest BCUT2D eigenvalue weighted by Crippen LogP contribution is 2.17. The van der Waals surface area contributed by atoms with Gasteiger partial charge in [0.15, 0.2) is 9.84 Å². The summed E-state index contributed by atoms with van der Waals surface area (Å²) in [7, 11) is -3.04. The summed E-state index contributed by atoms with van der Waals surface area (Å²) in [6.45, 7) is 4.09. The van der Waals surface area contributed by atoms with Crippen LogP contribution in [0.3, 0.4) is 0 Å². The first-order valence-electron chi connectivity index (χ1n) is 8.13. The highest BCUT2D eigenvalue weighted by atomic mass is 32.2. The number of hydrogen-bond donors (Lipinski definition) is 1. The van der Waals surface area contributed by atoms with E-state index in [0.717, 1.165) is 11.1 Å². The molecule has 1 atom stereocenters. The fraction of sp³-hybridized carbons (Fsp3) is 0.529. The molecular formula is C17H24N2O4S. The highest BCUT2D eigenvalue weighted by Gasteiger charge is 2.33. The predicted molar refractivity (Wildman–Crippen MR) is 92.3 cm³/mol. The first-order valence-corrected chi connectivity index (χ1v) is 9.95. The first kappa shape index (κ1) is 18.4. The van der Waals surface area contributed by atoms with Crippen LogP contribution < -0.4 is 5.32 Å². The summed E-state index contributed by atoms with van der Waals surface area (Å²) in [5.41, 5.74) is 1.96. The van der Waals surface area contributed by atoms with Gasteiger partial charge in [-0.2, -0.15) is 0 Å². The number of amides is 2. The first-order chi connectivity index (χ1) is 11.3. The molecule has 2 rings (SSSR count). The Kier molecular flexibility index (Phi) is 5.99. The predicted octanol–water partition coefficient (Wildman–Crippen LogP) is 0.689. The van der Waals surface area contributed by atoms with Gasteiger partial charge in [-0.1, -0.05) is 24.3 Å². The number of likely N-dealkylation sites (N-methyl/N-ethyl adjacent to an activating group) is 1. The molecule has 7 heteroatoms. The smallest absolute Gasteiger partial charge is 0.242 e. The van der Waals surface area contributed by atoms with E-state index in [1.807, 2.05) is 38.1 Å². The second-order valence-corrected chi connectivity index (χ2v) is 8.35. The number of aryl methyl sites for hydroxylation is 1. The molecule has 6 nitrogen and oxygen atoms in total. The van der Waals surface area contributed by atoms with E-state index in [9.17, 15) is 18.0 Å². The van der Waals surface area contributed by atoms with Crippen LogP contribution in [0.2, 0.25) is 0 Å². The third-order valence-corrected chi connectivity index (χ3v) is 6.11. The molecule has 1 unspecified atom stereocenters. The van der Waals surface area contributed by atoms with Crippen LogP contribution in [0.25, 0.3) is 0 Å². The summed E-state index contributed by atoms with van der Waals surface area (Å²) in [6, 6.07) is 7.33. The lowest BCUT2D eigenvalue weighted by atomic mass is 10.1. The lowest BCUT2D eigenvalue weighted by Crippen LogP contribution is -2.46. The Bertz CT molecular complexity index is 715. The average Bonchev–Trinajstić information content (AvgIpc) is 2.88. The van der Waals surface area contributed by atoms with Gasteiger partial charge in [-0.25, -0.2) is 8.42 Å². The molecule has 1 fully saturated rings. The van der Waals surface area contributed by atoms with Gasteiger partial charge in [0, 0.05) is 12.6 Å². The van der Waals surface area contributed by atoms with Gasteiger partial charge < -0.3 is 10.2 Å². The van der Waals surface area contributed by atoms with Gasteiger partial charge >= 0.3 is 0 Å².